The number of ether oxygens (including phenoxy) is 1. The van der Waals surface area contributed by atoms with Crippen molar-refractivity contribution in [3.63, 3.8) is 0 Å². The summed E-state index contributed by atoms with van der Waals surface area (Å²) in [5, 5.41) is 1.81. The molecule has 100 valence electrons. The van der Waals surface area contributed by atoms with E-state index in [9.17, 15) is 9.59 Å². The number of hydrogen-bond donors (Lipinski definition) is 0. The molecule has 0 N–H and O–H groups in total. The second-order valence-electron chi connectivity index (χ2n) is 4.79. The van der Waals surface area contributed by atoms with Gasteiger partial charge in [0, 0.05) is 17.6 Å². The minimum Gasteiger partial charge on any atom is -0.462 e. The third kappa shape index (κ3) is 3.45. The van der Waals surface area contributed by atoms with Crippen LogP contribution in [0, 0.1) is 6.92 Å². The van der Waals surface area contributed by atoms with Gasteiger partial charge < -0.3 is 9.30 Å². The maximum atomic E-state index is 11.7. The van der Waals surface area contributed by atoms with Gasteiger partial charge in [-0.15, -0.1) is 0 Å². The van der Waals surface area contributed by atoms with Crippen molar-refractivity contribution in [2.45, 2.75) is 58.1 Å². The van der Waals surface area contributed by atoms with E-state index < -0.39 is 0 Å². The third-order valence-electron chi connectivity index (χ3n) is 3.37. The highest BCUT2D eigenvalue weighted by Crippen LogP contribution is 2.20. The number of thiazole rings is 1. The van der Waals surface area contributed by atoms with E-state index in [1.807, 2.05) is 12.3 Å². The molecule has 0 spiro atoms. The van der Waals surface area contributed by atoms with E-state index in [4.69, 9.17) is 4.74 Å². The molecule has 0 atom stereocenters. The van der Waals surface area contributed by atoms with Crippen LogP contribution >= 0.6 is 11.3 Å². The zero-order valence-corrected chi connectivity index (χ0v) is 11.5. The van der Waals surface area contributed by atoms with Gasteiger partial charge in [-0.25, -0.2) is 0 Å². The van der Waals surface area contributed by atoms with Crippen molar-refractivity contribution in [2.24, 2.45) is 0 Å². The SMILES string of the molecule is Cc1csc(=O)n1CCC(=O)OC1CCCCC1. The van der Waals surface area contributed by atoms with Crippen LogP contribution in [0.4, 0.5) is 0 Å². The minimum absolute atomic E-state index is 0.00188. The lowest BCUT2D eigenvalue weighted by Crippen LogP contribution is -2.23. The number of carbonyl (C=O) groups excluding carboxylic acids is 1. The summed E-state index contributed by atoms with van der Waals surface area (Å²) >= 11 is 1.17. The summed E-state index contributed by atoms with van der Waals surface area (Å²) in [5.74, 6) is -0.181. The molecule has 0 unspecified atom stereocenters. The summed E-state index contributed by atoms with van der Waals surface area (Å²) in [7, 11) is 0. The van der Waals surface area contributed by atoms with E-state index in [0.29, 0.717) is 6.54 Å². The number of rotatable bonds is 4. The third-order valence-corrected chi connectivity index (χ3v) is 4.25. The van der Waals surface area contributed by atoms with Gasteiger partial charge in [0.05, 0.1) is 6.42 Å². The van der Waals surface area contributed by atoms with Gasteiger partial charge in [-0.05, 0) is 32.6 Å². The predicted octanol–water partition coefficient (Wildman–Crippen LogP) is 2.48. The summed E-state index contributed by atoms with van der Waals surface area (Å²) in [4.78, 5) is 23.2. The van der Waals surface area contributed by atoms with Crippen molar-refractivity contribution in [1.29, 1.82) is 0 Å². The molecule has 5 heteroatoms. The van der Waals surface area contributed by atoms with Crippen LogP contribution in [0.3, 0.4) is 0 Å². The van der Waals surface area contributed by atoms with Crippen LogP contribution in [-0.2, 0) is 16.1 Å². The number of aryl methyl sites for hydroxylation is 1. The quantitative estimate of drug-likeness (QED) is 0.789. The molecule has 1 fully saturated rings. The molecular formula is C13H19NO3S. The van der Waals surface area contributed by atoms with Crippen LogP contribution in [0.5, 0.6) is 0 Å². The van der Waals surface area contributed by atoms with E-state index in [1.165, 1.54) is 17.8 Å². The molecule has 0 radical (unpaired) electrons. The van der Waals surface area contributed by atoms with Gasteiger partial charge in [0.1, 0.15) is 6.10 Å². The van der Waals surface area contributed by atoms with Gasteiger partial charge in [-0.2, -0.15) is 0 Å². The predicted molar refractivity (Wildman–Crippen MR) is 70.9 cm³/mol. The first kappa shape index (κ1) is 13.3. The Balaban J connectivity index is 1.79. The first-order valence-corrected chi connectivity index (χ1v) is 7.39. The maximum absolute atomic E-state index is 11.7. The lowest BCUT2D eigenvalue weighted by Gasteiger charge is -2.21. The fourth-order valence-electron chi connectivity index (χ4n) is 2.31. The minimum atomic E-state index is -0.181. The number of aromatic nitrogens is 1. The summed E-state index contributed by atoms with van der Waals surface area (Å²) in [6.45, 7) is 2.31. The Morgan fingerprint density at radius 3 is 2.78 bits per heavy atom. The highest BCUT2D eigenvalue weighted by Gasteiger charge is 2.17. The van der Waals surface area contributed by atoms with Crippen molar-refractivity contribution in [3.8, 4) is 0 Å². The van der Waals surface area contributed by atoms with Crippen molar-refractivity contribution in [3.05, 3.63) is 20.7 Å². The van der Waals surface area contributed by atoms with Crippen molar-refractivity contribution in [2.75, 3.05) is 0 Å². The van der Waals surface area contributed by atoms with Crippen LogP contribution in [0.2, 0.25) is 0 Å². The van der Waals surface area contributed by atoms with Gasteiger partial charge in [-0.1, -0.05) is 17.8 Å². The van der Waals surface area contributed by atoms with Crippen LogP contribution in [0.15, 0.2) is 10.2 Å². The van der Waals surface area contributed by atoms with Crippen LogP contribution in [0.1, 0.15) is 44.2 Å². The number of carbonyl (C=O) groups is 1. The normalized spacial score (nSPS) is 16.7. The molecule has 2 rings (SSSR count). The van der Waals surface area contributed by atoms with Gasteiger partial charge in [-0.3, -0.25) is 9.59 Å². The van der Waals surface area contributed by atoms with Gasteiger partial charge >= 0.3 is 10.8 Å². The fourth-order valence-corrected chi connectivity index (χ4v) is 3.07. The molecule has 0 aromatic carbocycles. The highest BCUT2D eigenvalue weighted by molar-refractivity contribution is 7.07. The van der Waals surface area contributed by atoms with Crippen molar-refractivity contribution >= 4 is 17.3 Å². The van der Waals surface area contributed by atoms with E-state index >= 15 is 0 Å². The van der Waals surface area contributed by atoms with Crippen LogP contribution < -0.4 is 4.87 Å². The Labute approximate surface area is 111 Å². The summed E-state index contributed by atoms with van der Waals surface area (Å²) in [5.41, 5.74) is 0.912. The number of nitrogens with zero attached hydrogens (tertiary/aromatic N) is 1. The van der Waals surface area contributed by atoms with Crippen molar-refractivity contribution < 1.29 is 9.53 Å². The van der Waals surface area contributed by atoms with E-state index in [0.717, 1.165) is 31.4 Å². The van der Waals surface area contributed by atoms with Crippen LogP contribution in [-0.4, -0.2) is 16.6 Å². The van der Waals surface area contributed by atoms with Crippen molar-refractivity contribution in [1.82, 2.24) is 4.57 Å². The zero-order chi connectivity index (χ0) is 13.0. The fraction of sp³-hybridized carbons (Fsp3) is 0.692. The molecule has 1 aromatic heterocycles. The molecule has 4 nitrogen and oxygen atoms in total. The second-order valence-corrected chi connectivity index (χ2v) is 5.62. The largest absolute Gasteiger partial charge is 0.462 e. The molecule has 0 bridgehead atoms. The monoisotopic (exact) mass is 269 g/mol. The molecule has 0 aliphatic heterocycles. The van der Waals surface area contributed by atoms with E-state index in [-0.39, 0.29) is 23.4 Å². The average molecular weight is 269 g/mol. The molecule has 0 amide bonds. The summed E-state index contributed by atoms with van der Waals surface area (Å²) in [6, 6.07) is 0. The summed E-state index contributed by atoms with van der Waals surface area (Å²) < 4.78 is 7.05. The Morgan fingerprint density at radius 2 is 2.17 bits per heavy atom. The van der Waals surface area contributed by atoms with Gasteiger partial charge in [0.25, 0.3) is 0 Å². The first-order valence-electron chi connectivity index (χ1n) is 6.51. The Hall–Kier alpha value is -1.10. The highest BCUT2D eigenvalue weighted by atomic mass is 32.1. The molecule has 1 heterocycles. The standard InChI is InChI=1S/C13H19NO3S/c1-10-9-18-13(16)14(10)8-7-12(15)17-11-5-3-2-4-6-11/h9,11H,2-8H2,1H3. The molecule has 1 aromatic rings. The lowest BCUT2D eigenvalue weighted by atomic mass is 9.98. The van der Waals surface area contributed by atoms with E-state index in [1.54, 1.807) is 4.57 Å². The van der Waals surface area contributed by atoms with Gasteiger partial charge in [0.2, 0.25) is 0 Å². The smallest absolute Gasteiger partial charge is 0.307 e. The first-order chi connectivity index (χ1) is 8.66. The molecule has 1 saturated carbocycles. The summed E-state index contributed by atoms with van der Waals surface area (Å²) in [6.07, 6.45) is 5.92. The molecule has 18 heavy (non-hydrogen) atoms. The average Bonchev–Trinajstić information content (AvgIpc) is 2.68. The van der Waals surface area contributed by atoms with Crippen LogP contribution in [0.25, 0.3) is 0 Å². The Bertz CT molecular complexity index is 457. The molecular weight excluding hydrogens is 250 g/mol. The molecule has 1 aliphatic carbocycles. The van der Waals surface area contributed by atoms with E-state index in [2.05, 4.69) is 0 Å². The lowest BCUT2D eigenvalue weighted by molar-refractivity contribution is -0.150. The maximum Gasteiger partial charge on any atom is 0.307 e. The topological polar surface area (TPSA) is 48.3 Å². The van der Waals surface area contributed by atoms with Gasteiger partial charge in [0.15, 0.2) is 0 Å². The molecule has 0 saturated heterocycles. The Kier molecular flexibility index (Phi) is 4.58. The molecule has 1 aliphatic rings. The second kappa shape index (κ2) is 6.18. The number of hydrogen-bond acceptors (Lipinski definition) is 4. The zero-order valence-electron chi connectivity index (χ0n) is 10.7. The number of esters is 1. The Morgan fingerprint density at radius 1 is 1.44 bits per heavy atom.